The number of hydrogen-bond donors (Lipinski definition) is 1. The number of benzene rings is 1. The molecule has 0 atom stereocenters. The molecule has 0 unspecified atom stereocenters. The maximum Gasteiger partial charge on any atom is 0.488 e. The number of hydrogen-bond acceptors (Lipinski definition) is 7. The zero-order chi connectivity index (χ0) is 19.0. The third kappa shape index (κ3) is 2.21. The van der Waals surface area contributed by atoms with Gasteiger partial charge in [-0.15, -0.1) is 0 Å². The number of carbonyl (C=O) groups is 4. The highest BCUT2D eigenvalue weighted by molar-refractivity contribution is 9.10. The van der Waals surface area contributed by atoms with E-state index in [2.05, 4.69) is 25.4 Å². The summed E-state index contributed by atoms with van der Waals surface area (Å²) in [6.45, 7) is 0. The van der Waals surface area contributed by atoms with E-state index in [9.17, 15) is 31.5 Å². The lowest BCUT2D eigenvalue weighted by molar-refractivity contribution is -0.158. The van der Waals surface area contributed by atoms with Gasteiger partial charge in [0.15, 0.2) is 0 Å². The molecular formula is C14H8BrFN2O7S. The molecule has 0 aromatic heterocycles. The summed E-state index contributed by atoms with van der Waals surface area (Å²) in [5.74, 6) is -3.77. The summed E-state index contributed by atoms with van der Waals surface area (Å²) in [4.78, 5) is 50.1. The highest BCUT2D eigenvalue weighted by Gasteiger charge is 2.65. The minimum atomic E-state index is -5.33. The monoisotopic (exact) mass is 446 g/mol. The van der Waals surface area contributed by atoms with Crippen LogP contribution < -0.4 is 9.50 Å². The van der Waals surface area contributed by atoms with Crippen LogP contribution in [0.2, 0.25) is 0 Å². The molecule has 3 aliphatic heterocycles. The normalized spacial score (nSPS) is 27.2. The highest BCUT2D eigenvalue weighted by Crippen LogP contribution is 2.49. The van der Waals surface area contributed by atoms with Gasteiger partial charge >= 0.3 is 10.5 Å². The van der Waals surface area contributed by atoms with Gasteiger partial charge < -0.3 is 4.18 Å². The molecule has 0 radical (unpaired) electrons. The number of imide groups is 2. The number of fused-ring (bicyclic) bond motifs is 3. The van der Waals surface area contributed by atoms with Gasteiger partial charge in [-0.2, -0.15) is 8.42 Å². The van der Waals surface area contributed by atoms with Crippen LogP contribution in [0.4, 0.5) is 3.89 Å². The number of rotatable bonds is 3. The van der Waals surface area contributed by atoms with E-state index >= 15 is 0 Å². The summed E-state index contributed by atoms with van der Waals surface area (Å²) >= 11 is 3.03. The zero-order valence-corrected chi connectivity index (χ0v) is 15.0. The molecule has 1 aromatic carbocycles. The van der Waals surface area contributed by atoms with Crippen molar-refractivity contribution in [3.63, 3.8) is 0 Å². The predicted octanol–water partition coefficient (Wildman–Crippen LogP) is 0.443. The molecule has 12 heteroatoms. The van der Waals surface area contributed by atoms with Crippen molar-refractivity contribution in [3.05, 3.63) is 27.7 Å². The fraction of sp³-hybridized carbons (Fsp3) is 0.286. The molecule has 136 valence electrons. The Morgan fingerprint density at radius 2 is 1.85 bits per heavy atom. The standard InChI is InChI=1S/C14H8BrFN2O7S/c15-8-2-6(25-26(16,23)24)1-7-9(8)12(21)18(11(7)20)14-3-5(4-14)10(19)17-13(14)22/h1-2,5H,3-4H2,(H,17,19,22). The van der Waals surface area contributed by atoms with E-state index in [0.29, 0.717) is 0 Å². The molecule has 4 amide bonds. The molecule has 3 heterocycles. The van der Waals surface area contributed by atoms with Crippen molar-refractivity contribution in [3.8, 4) is 5.75 Å². The van der Waals surface area contributed by atoms with Crippen LogP contribution in [0.25, 0.3) is 0 Å². The number of nitrogens with zero attached hydrogens (tertiary/aromatic N) is 1. The highest BCUT2D eigenvalue weighted by atomic mass is 79.9. The van der Waals surface area contributed by atoms with Crippen LogP contribution in [0.1, 0.15) is 33.6 Å². The van der Waals surface area contributed by atoms with Gasteiger partial charge in [0.25, 0.3) is 17.7 Å². The molecule has 5 rings (SSSR count). The van der Waals surface area contributed by atoms with E-state index in [4.69, 9.17) is 0 Å². The molecule has 1 aliphatic carbocycles. The summed E-state index contributed by atoms with van der Waals surface area (Å²) in [5, 5.41) is 2.13. The molecule has 1 aromatic rings. The number of nitrogens with one attached hydrogen (secondary N) is 1. The Labute approximate surface area is 154 Å². The van der Waals surface area contributed by atoms with Gasteiger partial charge in [0.1, 0.15) is 11.3 Å². The van der Waals surface area contributed by atoms with Crippen molar-refractivity contribution >= 4 is 50.1 Å². The second kappa shape index (κ2) is 5.10. The van der Waals surface area contributed by atoms with E-state index in [-0.39, 0.29) is 28.4 Å². The average Bonchev–Trinajstić information content (AvgIpc) is 2.69. The molecule has 2 saturated heterocycles. The lowest BCUT2D eigenvalue weighted by Gasteiger charge is -2.52. The van der Waals surface area contributed by atoms with Crippen LogP contribution in [0.15, 0.2) is 16.6 Å². The van der Waals surface area contributed by atoms with Crippen molar-refractivity contribution in [1.82, 2.24) is 10.2 Å². The Hall–Kier alpha value is -2.34. The molecule has 26 heavy (non-hydrogen) atoms. The molecule has 0 spiro atoms. The van der Waals surface area contributed by atoms with E-state index in [0.717, 1.165) is 17.0 Å². The maximum atomic E-state index is 12.8. The van der Waals surface area contributed by atoms with Crippen molar-refractivity contribution in [2.45, 2.75) is 18.4 Å². The first kappa shape index (κ1) is 17.1. The van der Waals surface area contributed by atoms with Gasteiger partial charge in [0, 0.05) is 10.4 Å². The van der Waals surface area contributed by atoms with Crippen molar-refractivity contribution in [2.24, 2.45) is 5.92 Å². The smallest absolute Gasteiger partial charge is 0.358 e. The van der Waals surface area contributed by atoms with Crippen LogP contribution in [0.3, 0.4) is 0 Å². The van der Waals surface area contributed by atoms with Gasteiger partial charge in [-0.05, 0) is 40.9 Å². The summed E-state index contributed by atoms with van der Waals surface area (Å²) in [7, 11) is -5.33. The Bertz CT molecular complexity index is 1030. The van der Waals surface area contributed by atoms with Crippen LogP contribution >= 0.6 is 15.9 Å². The van der Waals surface area contributed by atoms with Crippen molar-refractivity contribution in [2.75, 3.05) is 0 Å². The fourth-order valence-electron chi connectivity index (χ4n) is 3.58. The van der Waals surface area contributed by atoms with Crippen LogP contribution in [-0.2, 0) is 20.1 Å². The quantitative estimate of drug-likeness (QED) is 0.527. The zero-order valence-electron chi connectivity index (χ0n) is 12.6. The Morgan fingerprint density at radius 1 is 1.19 bits per heavy atom. The van der Waals surface area contributed by atoms with Gasteiger partial charge in [-0.3, -0.25) is 29.4 Å². The summed E-state index contributed by atoms with van der Waals surface area (Å²) in [6, 6.07) is 1.94. The number of halogens is 2. The second-order valence-corrected chi connectivity index (χ2v) is 8.01. The SMILES string of the molecule is O=C1NC(=O)C2(N3C(=O)c4cc(OS(=O)(=O)F)cc(Br)c4C3=O)CC1C2. The molecule has 3 fully saturated rings. The average molecular weight is 447 g/mol. The molecule has 4 aliphatic rings. The molecule has 1 saturated carbocycles. The van der Waals surface area contributed by atoms with E-state index in [1.807, 2.05) is 0 Å². The third-order valence-electron chi connectivity index (χ3n) is 4.74. The molecular weight excluding hydrogens is 439 g/mol. The van der Waals surface area contributed by atoms with Gasteiger partial charge in [-0.25, -0.2) is 0 Å². The number of piperidine rings is 2. The van der Waals surface area contributed by atoms with Gasteiger partial charge in [-0.1, -0.05) is 3.89 Å². The van der Waals surface area contributed by atoms with Crippen LogP contribution in [-0.4, -0.2) is 42.5 Å². The maximum absolute atomic E-state index is 12.8. The Morgan fingerprint density at radius 3 is 2.42 bits per heavy atom. The molecule has 2 bridgehead atoms. The topological polar surface area (TPSA) is 127 Å². The fourth-order valence-corrected chi connectivity index (χ4v) is 4.52. The minimum absolute atomic E-state index is 0.00840. The van der Waals surface area contributed by atoms with Crippen LogP contribution in [0, 0.1) is 5.92 Å². The lowest BCUT2D eigenvalue weighted by Crippen LogP contribution is -2.74. The second-order valence-electron chi connectivity index (χ2n) is 6.20. The third-order valence-corrected chi connectivity index (χ3v) is 5.75. The Kier molecular flexibility index (Phi) is 3.35. The van der Waals surface area contributed by atoms with E-state index in [1.165, 1.54) is 0 Å². The molecule has 9 nitrogen and oxygen atoms in total. The number of carbonyl (C=O) groups excluding carboxylic acids is 4. The van der Waals surface area contributed by atoms with E-state index < -0.39 is 51.3 Å². The van der Waals surface area contributed by atoms with E-state index in [1.54, 1.807) is 0 Å². The van der Waals surface area contributed by atoms with Gasteiger partial charge in [0.05, 0.1) is 11.1 Å². The summed E-state index contributed by atoms with van der Waals surface area (Å²) in [6.07, 6.45) is 0.0614. The molecule has 1 N–H and O–H groups in total. The first-order chi connectivity index (χ1) is 12.0. The van der Waals surface area contributed by atoms with Crippen LogP contribution in [0.5, 0.6) is 5.75 Å². The van der Waals surface area contributed by atoms with Crippen molar-refractivity contribution in [1.29, 1.82) is 0 Å². The first-order valence-corrected chi connectivity index (χ1v) is 9.35. The summed E-state index contributed by atoms with van der Waals surface area (Å²) in [5.41, 5.74) is -1.79. The number of amides is 4. The minimum Gasteiger partial charge on any atom is -0.358 e. The van der Waals surface area contributed by atoms with Gasteiger partial charge in [0.2, 0.25) is 5.91 Å². The Balaban J connectivity index is 1.77. The lowest BCUT2D eigenvalue weighted by atomic mass is 9.63. The van der Waals surface area contributed by atoms with Crippen molar-refractivity contribution < 1.29 is 35.7 Å². The predicted molar refractivity (Wildman–Crippen MR) is 83.9 cm³/mol. The summed E-state index contributed by atoms with van der Waals surface area (Å²) < 4.78 is 38.2. The largest absolute Gasteiger partial charge is 0.488 e. The first-order valence-electron chi connectivity index (χ1n) is 7.25.